The number of nitrogens with zero attached hydrogens (tertiary/aromatic N) is 1. The van der Waals surface area contributed by atoms with Crippen LogP contribution in [0.3, 0.4) is 0 Å². The first-order valence-corrected chi connectivity index (χ1v) is 10.7. The van der Waals surface area contributed by atoms with Crippen molar-refractivity contribution in [2.75, 3.05) is 30.8 Å². The third-order valence-corrected chi connectivity index (χ3v) is 6.04. The Labute approximate surface area is 182 Å². The molecule has 1 amide bonds. The molecule has 0 bridgehead atoms. The molecule has 28 heavy (non-hydrogen) atoms. The zero-order chi connectivity index (χ0) is 20.8. The smallest absolute Gasteiger partial charge is 0.341 e. The molecule has 0 saturated heterocycles. The average Bonchev–Trinajstić information content (AvgIpc) is 2.99. The number of nitrogens with one attached hydrogen (secondary N) is 2. The van der Waals surface area contributed by atoms with Gasteiger partial charge in [-0.25, -0.2) is 4.79 Å². The Morgan fingerprint density at radius 3 is 2.32 bits per heavy atom. The zero-order valence-corrected chi connectivity index (χ0v) is 19.3. The van der Waals surface area contributed by atoms with Crippen LogP contribution in [0.4, 0.5) is 10.7 Å². The first-order valence-electron chi connectivity index (χ1n) is 8.66. The van der Waals surface area contributed by atoms with E-state index in [1.54, 1.807) is 11.8 Å². The highest BCUT2D eigenvalue weighted by Gasteiger charge is 2.27. The highest BCUT2D eigenvalue weighted by Crippen LogP contribution is 2.34. The van der Waals surface area contributed by atoms with Gasteiger partial charge in [-0.3, -0.25) is 4.79 Å². The summed E-state index contributed by atoms with van der Waals surface area (Å²) in [6, 6.07) is 7.52. The molecule has 1 aromatic heterocycles. The SMILES string of the molecule is CCN(CC)C(=O)c1sc(NC(=S)Nc2ccc(Br)cc2)c(C(=O)OC)c1C. The number of carbonyl (C=O) groups excluding carboxylic acids is 2. The topological polar surface area (TPSA) is 70.7 Å². The van der Waals surface area contributed by atoms with Gasteiger partial charge in [0.2, 0.25) is 0 Å². The molecule has 0 atom stereocenters. The van der Waals surface area contributed by atoms with E-state index in [2.05, 4.69) is 26.6 Å². The van der Waals surface area contributed by atoms with Crippen LogP contribution < -0.4 is 10.6 Å². The van der Waals surface area contributed by atoms with Crippen LogP contribution in [-0.2, 0) is 4.74 Å². The van der Waals surface area contributed by atoms with Crippen LogP contribution in [0.25, 0.3) is 0 Å². The van der Waals surface area contributed by atoms with Crippen molar-refractivity contribution >= 4 is 67.2 Å². The number of thiocarbonyl (C=S) groups is 1. The van der Waals surface area contributed by atoms with E-state index in [1.165, 1.54) is 18.4 Å². The fourth-order valence-electron chi connectivity index (χ4n) is 2.61. The van der Waals surface area contributed by atoms with Crippen LogP contribution in [0, 0.1) is 6.92 Å². The van der Waals surface area contributed by atoms with E-state index in [0.717, 1.165) is 10.2 Å². The van der Waals surface area contributed by atoms with Gasteiger partial charge in [-0.05, 0) is 62.8 Å². The Morgan fingerprint density at radius 1 is 1.18 bits per heavy atom. The van der Waals surface area contributed by atoms with Gasteiger partial charge in [-0.1, -0.05) is 15.9 Å². The van der Waals surface area contributed by atoms with Crippen molar-refractivity contribution in [3.8, 4) is 0 Å². The molecular weight excluding hydrogens is 462 g/mol. The molecule has 0 spiro atoms. The van der Waals surface area contributed by atoms with Crippen LogP contribution in [0.15, 0.2) is 28.7 Å². The largest absolute Gasteiger partial charge is 0.465 e. The maximum absolute atomic E-state index is 12.8. The number of benzene rings is 1. The van der Waals surface area contributed by atoms with E-state index in [-0.39, 0.29) is 5.91 Å². The molecule has 0 radical (unpaired) electrons. The molecule has 0 aliphatic rings. The van der Waals surface area contributed by atoms with Crippen LogP contribution >= 0.6 is 39.5 Å². The summed E-state index contributed by atoms with van der Waals surface area (Å²) < 4.78 is 5.87. The number of hydrogen-bond donors (Lipinski definition) is 2. The fraction of sp³-hybridized carbons (Fsp3) is 0.316. The molecule has 1 heterocycles. The predicted octanol–water partition coefficient (Wildman–Crippen LogP) is 4.90. The van der Waals surface area contributed by atoms with E-state index < -0.39 is 5.97 Å². The number of rotatable bonds is 6. The lowest BCUT2D eigenvalue weighted by Gasteiger charge is -2.17. The molecule has 150 valence electrons. The summed E-state index contributed by atoms with van der Waals surface area (Å²) in [6.07, 6.45) is 0. The number of hydrogen-bond acceptors (Lipinski definition) is 5. The van der Waals surface area contributed by atoms with E-state index >= 15 is 0 Å². The van der Waals surface area contributed by atoms with Gasteiger partial charge < -0.3 is 20.3 Å². The van der Waals surface area contributed by atoms with E-state index in [0.29, 0.717) is 39.2 Å². The van der Waals surface area contributed by atoms with Gasteiger partial charge in [0.1, 0.15) is 5.00 Å². The van der Waals surface area contributed by atoms with Crippen LogP contribution in [0.5, 0.6) is 0 Å². The Balaban J connectivity index is 2.32. The number of halogens is 1. The van der Waals surface area contributed by atoms with Crippen LogP contribution in [0.1, 0.15) is 39.4 Å². The molecule has 1 aromatic carbocycles. The zero-order valence-electron chi connectivity index (χ0n) is 16.1. The molecule has 0 aliphatic carbocycles. The Kier molecular flexibility index (Phi) is 7.97. The highest BCUT2D eigenvalue weighted by atomic mass is 79.9. The second kappa shape index (κ2) is 9.99. The standard InChI is InChI=1S/C19H22BrN3O3S2/c1-5-23(6-2)17(24)15-11(3)14(18(25)26-4)16(28-15)22-19(27)21-13-9-7-12(20)8-10-13/h7-10H,5-6H2,1-4H3,(H2,21,22,27). The number of anilines is 2. The Hall–Kier alpha value is -1.97. The van der Waals surface area contributed by atoms with Crippen molar-refractivity contribution in [3.05, 3.63) is 44.7 Å². The Morgan fingerprint density at radius 2 is 1.79 bits per heavy atom. The average molecular weight is 484 g/mol. The molecule has 0 saturated carbocycles. The first-order chi connectivity index (χ1) is 13.3. The molecular formula is C19H22BrN3O3S2. The van der Waals surface area contributed by atoms with E-state index in [1.807, 2.05) is 38.1 Å². The highest BCUT2D eigenvalue weighted by molar-refractivity contribution is 9.10. The van der Waals surface area contributed by atoms with Gasteiger partial charge in [0.15, 0.2) is 5.11 Å². The summed E-state index contributed by atoms with van der Waals surface area (Å²) in [4.78, 5) is 27.4. The molecule has 9 heteroatoms. The summed E-state index contributed by atoms with van der Waals surface area (Å²) >= 11 is 9.96. The maximum atomic E-state index is 12.8. The van der Waals surface area contributed by atoms with E-state index in [4.69, 9.17) is 17.0 Å². The lowest BCUT2D eigenvalue weighted by Crippen LogP contribution is -2.30. The predicted molar refractivity (Wildman–Crippen MR) is 122 cm³/mol. The first kappa shape index (κ1) is 22.3. The second-order valence-electron chi connectivity index (χ2n) is 5.82. The van der Waals surface area contributed by atoms with Gasteiger partial charge in [-0.2, -0.15) is 0 Å². The van der Waals surface area contributed by atoms with Crippen molar-refractivity contribution in [1.82, 2.24) is 4.90 Å². The molecule has 2 rings (SSSR count). The van der Waals surface area contributed by atoms with Crippen molar-refractivity contribution in [2.24, 2.45) is 0 Å². The molecule has 2 N–H and O–H groups in total. The lowest BCUT2D eigenvalue weighted by atomic mass is 10.1. The minimum atomic E-state index is -0.513. The maximum Gasteiger partial charge on any atom is 0.341 e. The summed E-state index contributed by atoms with van der Waals surface area (Å²) in [6.45, 7) is 6.76. The molecule has 0 fully saturated rings. The summed E-state index contributed by atoms with van der Waals surface area (Å²) in [7, 11) is 1.31. The van der Waals surface area contributed by atoms with Crippen molar-refractivity contribution < 1.29 is 14.3 Å². The van der Waals surface area contributed by atoms with Gasteiger partial charge >= 0.3 is 5.97 Å². The number of amides is 1. The monoisotopic (exact) mass is 483 g/mol. The number of thiophene rings is 1. The van der Waals surface area contributed by atoms with Gasteiger partial charge in [0.25, 0.3) is 5.91 Å². The fourth-order valence-corrected chi connectivity index (χ4v) is 4.32. The van der Waals surface area contributed by atoms with Gasteiger partial charge in [0.05, 0.1) is 17.6 Å². The third-order valence-electron chi connectivity index (χ3n) is 4.11. The number of ether oxygens (including phenoxy) is 1. The van der Waals surface area contributed by atoms with Crippen molar-refractivity contribution in [2.45, 2.75) is 20.8 Å². The third kappa shape index (κ3) is 5.09. The van der Waals surface area contributed by atoms with Crippen molar-refractivity contribution in [1.29, 1.82) is 0 Å². The number of esters is 1. The Bertz CT molecular complexity index is 877. The van der Waals surface area contributed by atoms with E-state index in [9.17, 15) is 9.59 Å². The minimum Gasteiger partial charge on any atom is -0.465 e. The quantitative estimate of drug-likeness (QED) is 0.449. The molecule has 0 aliphatic heterocycles. The normalized spacial score (nSPS) is 10.3. The lowest BCUT2D eigenvalue weighted by molar-refractivity contribution is 0.0601. The summed E-state index contributed by atoms with van der Waals surface area (Å²) in [5.74, 6) is -0.626. The van der Waals surface area contributed by atoms with Crippen LogP contribution in [-0.4, -0.2) is 42.1 Å². The van der Waals surface area contributed by atoms with Crippen LogP contribution in [0.2, 0.25) is 0 Å². The summed E-state index contributed by atoms with van der Waals surface area (Å²) in [5.41, 5.74) is 1.71. The number of carbonyl (C=O) groups is 2. The second-order valence-corrected chi connectivity index (χ2v) is 8.16. The van der Waals surface area contributed by atoms with Gasteiger partial charge in [-0.15, -0.1) is 11.3 Å². The minimum absolute atomic E-state index is 0.113. The molecule has 0 unspecified atom stereocenters. The van der Waals surface area contributed by atoms with Gasteiger partial charge in [0, 0.05) is 23.2 Å². The molecule has 6 nitrogen and oxygen atoms in total. The summed E-state index contributed by atoms with van der Waals surface area (Å²) in [5, 5.41) is 6.90. The number of methoxy groups -OCH3 is 1. The molecule has 2 aromatic rings. The van der Waals surface area contributed by atoms with Crippen molar-refractivity contribution in [3.63, 3.8) is 0 Å².